The van der Waals surface area contributed by atoms with Crippen LogP contribution in [0.2, 0.25) is 0 Å². The Labute approximate surface area is 119 Å². The molecule has 0 radical (unpaired) electrons. The second kappa shape index (κ2) is 6.83. The average Bonchev–Trinajstić information content (AvgIpc) is 2.83. The molecule has 0 fully saturated rings. The molecule has 1 aromatic heterocycles. The van der Waals surface area contributed by atoms with Gasteiger partial charge in [-0.15, -0.1) is 0 Å². The summed E-state index contributed by atoms with van der Waals surface area (Å²) in [7, 11) is 0. The Hall–Kier alpha value is -2.18. The van der Waals surface area contributed by atoms with Crippen molar-refractivity contribution in [1.82, 2.24) is 15.0 Å². The number of hydrazone groups is 1. The van der Waals surface area contributed by atoms with Gasteiger partial charge in [-0.1, -0.05) is 5.57 Å². The summed E-state index contributed by atoms with van der Waals surface area (Å²) in [6, 6.07) is 0. The van der Waals surface area contributed by atoms with Gasteiger partial charge in [-0.3, -0.25) is 0 Å². The zero-order chi connectivity index (χ0) is 14.4. The number of hydrogen-bond donors (Lipinski definition) is 3. The predicted molar refractivity (Wildman–Crippen MR) is 82.2 cm³/mol. The van der Waals surface area contributed by atoms with E-state index >= 15 is 0 Å². The first-order valence-corrected chi connectivity index (χ1v) is 6.94. The molecule has 7 nitrogen and oxygen atoms in total. The first-order valence-electron chi connectivity index (χ1n) is 6.94. The minimum atomic E-state index is 0.442. The Bertz CT molecular complexity index is 497. The lowest BCUT2D eigenvalue weighted by atomic mass is 10.3. The molecule has 2 rings (SSSR count). The molecule has 0 atom stereocenters. The van der Waals surface area contributed by atoms with Crippen LogP contribution < -0.4 is 16.1 Å². The molecule has 0 unspecified atom stereocenters. The van der Waals surface area contributed by atoms with Gasteiger partial charge in [0.1, 0.15) is 0 Å². The van der Waals surface area contributed by atoms with Crippen LogP contribution in [0.1, 0.15) is 33.6 Å². The van der Waals surface area contributed by atoms with Gasteiger partial charge in [-0.05, 0) is 39.7 Å². The van der Waals surface area contributed by atoms with E-state index < -0.39 is 0 Å². The SMILES string of the molecule is CCNc1nc(NCC)nc(N/N=C2/C=C(C)CC2)n1. The summed E-state index contributed by atoms with van der Waals surface area (Å²) < 4.78 is 0. The highest BCUT2D eigenvalue weighted by molar-refractivity contribution is 5.98. The number of nitrogens with one attached hydrogen (secondary N) is 3. The molecule has 0 saturated carbocycles. The zero-order valence-electron chi connectivity index (χ0n) is 12.2. The van der Waals surface area contributed by atoms with Crippen LogP contribution in [0.4, 0.5) is 17.8 Å². The number of allylic oxidation sites excluding steroid dienone is 2. The average molecular weight is 275 g/mol. The molecule has 0 amide bonds. The van der Waals surface area contributed by atoms with Crippen LogP contribution in [0.3, 0.4) is 0 Å². The number of rotatable bonds is 6. The number of nitrogens with zero attached hydrogens (tertiary/aromatic N) is 4. The zero-order valence-corrected chi connectivity index (χ0v) is 12.2. The highest BCUT2D eigenvalue weighted by atomic mass is 15.4. The Morgan fingerprint density at radius 2 is 1.60 bits per heavy atom. The highest BCUT2D eigenvalue weighted by Gasteiger charge is 2.08. The van der Waals surface area contributed by atoms with E-state index in [1.165, 1.54) is 5.57 Å². The van der Waals surface area contributed by atoms with Gasteiger partial charge in [0.2, 0.25) is 17.8 Å². The normalized spacial score (nSPS) is 16.1. The summed E-state index contributed by atoms with van der Waals surface area (Å²) in [6.07, 6.45) is 4.12. The van der Waals surface area contributed by atoms with Crippen molar-refractivity contribution in [1.29, 1.82) is 0 Å². The lowest BCUT2D eigenvalue weighted by Crippen LogP contribution is -2.11. The van der Waals surface area contributed by atoms with Crippen molar-refractivity contribution < 1.29 is 0 Å². The maximum Gasteiger partial charge on any atom is 0.250 e. The Morgan fingerprint density at radius 1 is 1.00 bits per heavy atom. The van der Waals surface area contributed by atoms with E-state index in [4.69, 9.17) is 0 Å². The molecule has 20 heavy (non-hydrogen) atoms. The smallest absolute Gasteiger partial charge is 0.250 e. The number of aromatic nitrogens is 3. The molecule has 7 heteroatoms. The van der Waals surface area contributed by atoms with Crippen LogP contribution in [0.15, 0.2) is 16.8 Å². The van der Waals surface area contributed by atoms with Crippen molar-refractivity contribution in [3.8, 4) is 0 Å². The minimum Gasteiger partial charge on any atom is -0.354 e. The quantitative estimate of drug-likeness (QED) is 0.690. The van der Waals surface area contributed by atoms with Crippen LogP contribution >= 0.6 is 0 Å². The molecule has 0 aliphatic heterocycles. The molecule has 0 bridgehead atoms. The van der Waals surface area contributed by atoms with Crippen LogP contribution in [0.25, 0.3) is 0 Å². The van der Waals surface area contributed by atoms with Gasteiger partial charge in [0.05, 0.1) is 5.71 Å². The van der Waals surface area contributed by atoms with Crippen molar-refractivity contribution >= 4 is 23.6 Å². The van der Waals surface area contributed by atoms with Crippen molar-refractivity contribution in [3.63, 3.8) is 0 Å². The molecular formula is C13H21N7. The Kier molecular flexibility index (Phi) is 4.86. The fourth-order valence-corrected chi connectivity index (χ4v) is 1.86. The summed E-state index contributed by atoms with van der Waals surface area (Å²) in [6.45, 7) is 7.61. The first-order chi connectivity index (χ1) is 9.71. The predicted octanol–water partition coefficient (Wildman–Crippen LogP) is 2.24. The summed E-state index contributed by atoms with van der Waals surface area (Å²) >= 11 is 0. The van der Waals surface area contributed by atoms with E-state index in [1.54, 1.807) is 0 Å². The van der Waals surface area contributed by atoms with E-state index in [0.717, 1.165) is 31.6 Å². The van der Waals surface area contributed by atoms with E-state index in [0.29, 0.717) is 17.8 Å². The Morgan fingerprint density at radius 3 is 2.10 bits per heavy atom. The molecule has 1 aromatic rings. The van der Waals surface area contributed by atoms with E-state index in [-0.39, 0.29) is 0 Å². The van der Waals surface area contributed by atoms with Gasteiger partial charge in [-0.25, -0.2) is 5.43 Å². The van der Waals surface area contributed by atoms with Gasteiger partial charge in [0.15, 0.2) is 0 Å². The number of anilines is 3. The summed E-state index contributed by atoms with van der Waals surface area (Å²) in [5.41, 5.74) is 5.28. The molecular weight excluding hydrogens is 254 g/mol. The molecule has 108 valence electrons. The lowest BCUT2D eigenvalue weighted by molar-refractivity contribution is 0.988. The first kappa shape index (κ1) is 14.2. The van der Waals surface area contributed by atoms with Crippen molar-refractivity contribution in [3.05, 3.63) is 11.6 Å². The minimum absolute atomic E-state index is 0.442. The topological polar surface area (TPSA) is 87.1 Å². The van der Waals surface area contributed by atoms with Gasteiger partial charge < -0.3 is 10.6 Å². The third kappa shape index (κ3) is 3.91. The highest BCUT2D eigenvalue weighted by Crippen LogP contribution is 2.15. The molecule has 0 spiro atoms. The standard InChI is InChI=1S/C13H21N7/c1-4-14-11-16-12(15-5-2)18-13(17-11)20-19-10-7-6-9(3)8-10/h8H,4-7H2,1-3H3,(H3,14,15,16,17,18,20)/b19-10+. The van der Waals surface area contributed by atoms with E-state index in [9.17, 15) is 0 Å². The fourth-order valence-electron chi connectivity index (χ4n) is 1.86. The van der Waals surface area contributed by atoms with Crippen LogP contribution in [0.5, 0.6) is 0 Å². The summed E-state index contributed by atoms with van der Waals surface area (Å²) in [5.74, 6) is 1.52. The lowest BCUT2D eigenvalue weighted by Gasteiger charge is -2.07. The fraction of sp³-hybridized carbons (Fsp3) is 0.538. The molecule has 0 aromatic carbocycles. The molecule has 1 heterocycles. The summed E-state index contributed by atoms with van der Waals surface area (Å²) in [5, 5.41) is 10.5. The second-order valence-corrected chi connectivity index (χ2v) is 4.57. The van der Waals surface area contributed by atoms with Crippen molar-refractivity contribution in [2.75, 3.05) is 29.1 Å². The van der Waals surface area contributed by atoms with Crippen molar-refractivity contribution in [2.45, 2.75) is 33.6 Å². The van der Waals surface area contributed by atoms with Crippen LogP contribution in [0, 0.1) is 0 Å². The van der Waals surface area contributed by atoms with Gasteiger partial charge >= 0.3 is 0 Å². The maximum absolute atomic E-state index is 4.33. The van der Waals surface area contributed by atoms with E-state index in [1.807, 2.05) is 13.8 Å². The van der Waals surface area contributed by atoms with Gasteiger partial charge in [-0.2, -0.15) is 20.1 Å². The van der Waals surface area contributed by atoms with Gasteiger partial charge in [0, 0.05) is 13.1 Å². The molecule has 1 aliphatic carbocycles. The second-order valence-electron chi connectivity index (χ2n) is 4.57. The van der Waals surface area contributed by atoms with Crippen LogP contribution in [-0.2, 0) is 0 Å². The van der Waals surface area contributed by atoms with E-state index in [2.05, 4.69) is 49.1 Å². The van der Waals surface area contributed by atoms with Gasteiger partial charge in [0.25, 0.3) is 0 Å². The molecule has 1 aliphatic rings. The Balaban J connectivity index is 2.13. The third-order valence-electron chi connectivity index (χ3n) is 2.79. The molecule has 0 saturated heterocycles. The largest absolute Gasteiger partial charge is 0.354 e. The monoisotopic (exact) mass is 275 g/mol. The van der Waals surface area contributed by atoms with Crippen LogP contribution in [-0.4, -0.2) is 33.8 Å². The molecule has 3 N–H and O–H groups in total. The maximum atomic E-state index is 4.33. The summed E-state index contributed by atoms with van der Waals surface area (Å²) in [4.78, 5) is 12.8. The van der Waals surface area contributed by atoms with Crippen molar-refractivity contribution in [2.24, 2.45) is 5.10 Å². The number of hydrogen-bond acceptors (Lipinski definition) is 7. The third-order valence-corrected chi connectivity index (χ3v) is 2.79.